The summed E-state index contributed by atoms with van der Waals surface area (Å²) in [6.45, 7) is 0.241. The van der Waals surface area contributed by atoms with Crippen molar-refractivity contribution in [2.75, 3.05) is 25.7 Å². The lowest BCUT2D eigenvalue weighted by Gasteiger charge is -2.17. The van der Waals surface area contributed by atoms with E-state index in [0.29, 0.717) is 28.6 Å². The van der Waals surface area contributed by atoms with Gasteiger partial charge in [0.05, 0.1) is 19.8 Å². The highest BCUT2D eigenvalue weighted by Crippen LogP contribution is 2.35. The number of hydrogen-bond donors (Lipinski definition) is 0. The minimum absolute atomic E-state index is 0.126. The second kappa shape index (κ2) is 7.93. The Balaban J connectivity index is 1.54. The van der Waals surface area contributed by atoms with Gasteiger partial charge in [0.15, 0.2) is 5.82 Å². The first-order chi connectivity index (χ1) is 14.8. The van der Waals surface area contributed by atoms with Gasteiger partial charge < -0.3 is 18.9 Å². The number of nitrogens with zero attached hydrogens (tertiary/aromatic N) is 3. The van der Waals surface area contributed by atoms with Crippen LogP contribution in [0.15, 0.2) is 47.0 Å². The first kappa shape index (κ1) is 20.7. The number of alkyl halides is 3. The van der Waals surface area contributed by atoms with Gasteiger partial charge in [-0.3, -0.25) is 4.79 Å². The van der Waals surface area contributed by atoms with E-state index in [-0.39, 0.29) is 30.7 Å². The first-order valence-electron chi connectivity index (χ1n) is 9.33. The van der Waals surface area contributed by atoms with E-state index in [1.54, 1.807) is 18.2 Å². The molecular formula is C21H18F3N3O4. The Bertz CT molecular complexity index is 1070. The minimum atomic E-state index is -4.43. The van der Waals surface area contributed by atoms with Crippen molar-refractivity contribution in [3.63, 3.8) is 0 Å². The molecule has 4 rings (SSSR count). The molecule has 1 unspecified atom stereocenters. The summed E-state index contributed by atoms with van der Waals surface area (Å²) < 4.78 is 54.2. The van der Waals surface area contributed by atoms with E-state index in [4.69, 9.17) is 14.0 Å². The van der Waals surface area contributed by atoms with Crippen LogP contribution >= 0.6 is 0 Å². The molecule has 0 saturated carbocycles. The predicted molar refractivity (Wildman–Crippen MR) is 104 cm³/mol. The van der Waals surface area contributed by atoms with Gasteiger partial charge in [0.25, 0.3) is 5.89 Å². The summed E-state index contributed by atoms with van der Waals surface area (Å²) in [4.78, 5) is 18.3. The van der Waals surface area contributed by atoms with Crippen molar-refractivity contribution < 1.29 is 32.0 Å². The van der Waals surface area contributed by atoms with Gasteiger partial charge in [0.2, 0.25) is 5.91 Å². The summed E-state index contributed by atoms with van der Waals surface area (Å²) in [5.41, 5.74) is 0.219. The minimum Gasteiger partial charge on any atom is -0.497 e. The van der Waals surface area contributed by atoms with E-state index in [9.17, 15) is 18.0 Å². The van der Waals surface area contributed by atoms with Crippen LogP contribution in [-0.2, 0) is 11.0 Å². The largest absolute Gasteiger partial charge is 0.497 e. The molecule has 2 aromatic carbocycles. The molecule has 162 valence electrons. The van der Waals surface area contributed by atoms with Crippen LogP contribution in [0.25, 0.3) is 11.5 Å². The van der Waals surface area contributed by atoms with Crippen LogP contribution in [-0.4, -0.2) is 36.8 Å². The maximum absolute atomic E-state index is 12.8. The molecule has 1 fully saturated rings. The Morgan fingerprint density at radius 1 is 1.06 bits per heavy atom. The number of methoxy groups -OCH3 is 2. The summed E-state index contributed by atoms with van der Waals surface area (Å²) >= 11 is 0. The van der Waals surface area contributed by atoms with Crippen LogP contribution in [0.5, 0.6) is 11.5 Å². The summed E-state index contributed by atoms with van der Waals surface area (Å²) in [6, 6.07) is 9.62. The fourth-order valence-electron chi connectivity index (χ4n) is 3.41. The van der Waals surface area contributed by atoms with Gasteiger partial charge in [-0.15, -0.1) is 0 Å². The van der Waals surface area contributed by atoms with Crippen molar-refractivity contribution in [1.29, 1.82) is 0 Å². The number of ether oxygens (including phenoxy) is 2. The number of anilines is 1. The second-order valence-electron chi connectivity index (χ2n) is 7.01. The normalized spacial score (nSPS) is 16.6. The Morgan fingerprint density at radius 2 is 1.71 bits per heavy atom. The highest BCUT2D eigenvalue weighted by atomic mass is 19.4. The Labute approximate surface area is 175 Å². The van der Waals surface area contributed by atoms with Crippen LogP contribution in [0.3, 0.4) is 0 Å². The average Bonchev–Trinajstić information content (AvgIpc) is 3.40. The van der Waals surface area contributed by atoms with Gasteiger partial charge in [0, 0.05) is 36.2 Å². The number of rotatable bonds is 5. The average molecular weight is 433 g/mol. The van der Waals surface area contributed by atoms with Crippen molar-refractivity contribution in [3.8, 4) is 23.0 Å². The first-order valence-corrected chi connectivity index (χ1v) is 9.33. The van der Waals surface area contributed by atoms with Crippen LogP contribution in [0, 0.1) is 0 Å². The summed E-state index contributed by atoms with van der Waals surface area (Å²) in [7, 11) is 3.05. The lowest BCUT2D eigenvalue weighted by atomic mass is 10.1. The third-order valence-electron chi connectivity index (χ3n) is 5.04. The Kier molecular flexibility index (Phi) is 5.30. The molecule has 2 heterocycles. The van der Waals surface area contributed by atoms with Crippen LogP contribution < -0.4 is 14.4 Å². The number of aromatic nitrogens is 2. The van der Waals surface area contributed by atoms with Crippen LogP contribution in [0.2, 0.25) is 0 Å². The molecule has 1 aliphatic rings. The zero-order valence-corrected chi connectivity index (χ0v) is 16.6. The van der Waals surface area contributed by atoms with Crippen molar-refractivity contribution in [1.82, 2.24) is 10.1 Å². The molecule has 1 amide bonds. The number of hydrogen-bond acceptors (Lipinski definition) is 6. The maximum atomic E-state index is 12.8. The predicted octanol–water partition coefficient (Wildman–Crippen LogP) is 4.29. The van der Waals surface area contributed by atoms with Crippen molar-refractivity contribution in [3.05, 3.63) is 53.9 Å². The summed E-state index contributed by atoms with van der Waals surface area (Å²) in [5.74, 6) is 1.13. The van der Waals surface area contributed by atoms with Crippen molar-refractivity contribution in [2.45, 2.75) is 18.5 Å². The molecule has 31 heavy (non-hydrogen) atoms. The zero-order valence-electron chi connectivity index (χ0n) is 16.6. The van der Waals surface area contributed by atoms with Gasteiger partial charge in [-0.2, -0.15) is 18.2 Å². The summed E-state index contributed by atoms with van der Waals surface area (Å²) in [5, 5.41) is 4.00. The number of halogens is 3. The number of carbonyl (C=O) groups is 1. The monoisotopic (exact) mass is 433 g/mol. The lowest BCUT2D eigenvalue weighted by molar-refractivity contribution is -0.137. The number of carbonyl (C=O) groups excluding carboxylic acids is 1. The fourth-order valence-corrected chi connectivity index (χ4v) is 3.41. The van der Waals surface area contributed by atoms with Crippen LogP contribution in [0.1, 0.15) is 23.7 Å². The van der Waals surface area contributed by atoms with E-state index in [2.05, 4.69) is 10.1 Å². The maximum Gasteiger partial charge on any atom is 0.416 e. The second-order valence-corrected chi connectivity index (χ2v) is 7.01. The molecule has 0 N–H and O–H groups in total. The molecule has 1 aliphatic heterocycles. The standard InChI is InChI=1S/C21H18F3N3O4/c1-29-16-7-12(8-17(10-16)30-2)20-25-19(26-31-20)13-9-18(28)27(11-13)15-5-3-14(4-6-15)21(22,23)24/h3-8,10,13H,9,11H2,1-2H3. The van der Waals surface area contributed by atoms with Gasteiger partial charge >= 0.3 is 6.18 Å². The molecule has 3 aromatic rings. The zero-order chi connectivity index (χ0) is 22.2. The third-order valence-corrected chi connectivity index (χ3v) is 5.04. The number of amides is 1. The molecule has 0 bridgehead atoms. The van der Waals surface area contributed by atoms with Gasteiger partial charge in [0.1, 0.15) is 11.5 Å². The van der Waals surface area contributed by atoms with E-state index in [1.807, 2.05) is 0 Å². The Morgan fingerprint density at radius 3 is 2.29 bits per heavy atom. The van der Waals surface area contributed by atoms with Gasteiger partial charge in [-0.25, -0.2) is 0 Å². The van der Waals surface area contributed by atoms with Gasteiger partial charge in [-0.1, -0.05) is 5.16 Å². The van der Waals surface area contributed by atoms with E-state index in [0.717, 1.165) is 12.1 Å². The van der Waals surface area contributed by atoms with E-state index in [1.165, 1.54) is 31.3 Å². The van der Waals surface area contributed by atoms with Crippen LogP contribution in [0.4, 0.5) is 18.9 Å². The number of benzene rings is 2. The Hall–Kier alpha value is -3.56. The molecule has 1 aromatic heterocycles. The fraction of sp³-hybridized carbons (Fsp3) is 0.286. The molecular weight excluding hydrogens is 415 g/mol. The lowest BCUT2D eigenvalue weighted by Crippen LogP contribution is -2.24. The van der Waals surface area contributed by atoms with Crippen molar-refractivity contribution in [2.24, 2.45) is 0 Å². The van der Waals surface area contributed by atoms with E-state index >= 15 is 0 Å². The van der Waals surface area contributed by atoms with Crippen molar-refractivity contribution >= 4 is 11.6 Å². The SMILES string of the molecule is COc1cc(OC)cc(-c2nc(C3CC(=O)N(c4ccc(C(F)(F)F)cc4)C3)no2)c1. The molecule has 10 heteroatoms. The van der Waals surface area contributed by atoms with E-state index < -0.39 is 11.7 Å². The summed E-state index contributed by atoms with van der Waals surface area (Å²) in [6.07, 6.45) is -4.30. The molecule has 1 atom stereocenters. The quantitative estimate of drug-likeness (QED) is 0.597. The molecule has 0 aliphatic carbocycles. The molecule has 0 radical (unpaired) electrons. The third kappa shape index (κ3) is 4.18. The smallest absolute Gasteiger partial charge is 0.416 e. The highest BCUT2D eigenvalue weighted by molar-refractivity contribution is 5.96. The topological polar surface area (TPSA) is 77.7 Å². The molecule has 0 spiro atoms. The molecule has 7 nitrogen and oxygen atoms in total. The van der Waals surface area contributed by atoms with Gasteiger partial charge in [-0.05, 0) is 36.4 Å². The molecule has 1 saturated heterocycles. The highest BCUT2D eigenvalue weighted by Gasteiger charge is 2.35.